The van der Waals surface area contributed by atoms with Crippen LogP contribution in [0.25, 0.3) is 0 Å². The number of aryl methyl sites for hydroxylation is 1. The second-order valence-corrected chi connectivity index (χ2v) is 5.85. The SMILES string of the molecule is CCCNC(c1cc(Br)ccc1F)c1cnnn1CCC. The lowest BCUT2D eigenvalue weighted by molar-refractivity contribution is 0.489. The van der Waals surface area contributed by atoms with Crippen LogP contribution >= 0.6 is 15.9 Å². The first kappa shape index (κ1) is 16.1. The molecule has 1 heterocycles. The van der Waals surface area contributed by atoms with Gasteiger partial charge in [0.25, 0.3) is 0 Å². The van der Waals surface area contributed by atoms with Gasteiger partial charge in [-0.05, 0) is 37.6 Å². The van der Waals surface area contributed by atoms with Crippen molar-refractivity contribution in [3.05, 3.63) is 45.9 Å². The highest BCUT2D eigenvalue weighted by Crippen LogP contribution is 2.27. The molecule has 1 unspecified atom stereocenters. The number of aromatic nitrogens is 3. The molecule has 0 amide bonds. The Bertz CT molecular complexity index is 585. The van der Waals surface area contributed by atoms with Gasteiger partial charge in [0.1, 0.15) is 5.82 Å². The molecule has 2 rings (SSSR count). The molecule has 0 bridgehead atoms. The Hall–Kier alpha value is -1.27. The fourth-order valence-electron chi connectivity index (χ4n) is 2.27. The van der Waals surface area contributed by atoms with Gasteiger partial charge in [0.2, 0.25) is 0 Å². The first-order valence-electron chi connectivity index (χ1n) is 7.24. The summed E-state index contributed by atoms with van der Waals surface area (Å²) in [5.41, 5.74) is 1.50. The van der Waals surface area contributed by atoms with Crippen LogP contribution in [0.2, 0.25) is 0 Å². The third-order valence-corrected chi connectivity index (χ3v) is 3.74. The van der Waals surface area contributed by atoms with Gasteiger partial charge < -0.3 is 5.32 Å². The van der Waals surface area contributed by atoms with E-state index in [-0.39, 0.29) is 11.9 Å². The zero-order chi connectivity index (χ0) is 15.2. The number of nitrogens with zero attached hydrogens (tertiary/aromatic N) is 3. The summed E-state index contributed by atoms with van der Waals surface area (Å²) in [4.78, 5) is 0. The summed E-state index contributed by atoms with van der Waals surface area (Å²) < 4.78 is 16.9. The van der Waals surface area contributed by atoms with Crippen molar-refractivity contribution >= 4 is 15.9 Å². The highest BCUT2D eigenvalue weighted by molar-refractivity contribution is 9.10. The molecule has 0 saturated heterocycles. The van der Waals surface area contributed by atoms with Crippen molar-refractivity contribution in [2.45, 2.75) is 39.3 Å². The maximum atomic E-state index is 14.2. The molecule has 6 heteroatoms. The van der Waals surface area contributed by atoms with Gasteiger partial charge >= 0.3 is 0 Å². The molecule has 0 radical (unpaired) electrons. The zero-order valence-electron chi connectivity index (χ0n) is 12.3. The number of hydrogen-bond acceptors (Lipinski definition) is 3. The zero-order valence-corrected chi connectivity index (χ0v) is 13.9. The van der Waals surface area contributed by atoms with E-state index < -0.39 is 0 Å². The Kier molecular flexibility index (Phi) is 5.87. The fraction of sp³-hybridized carbons (Fsp3) is 0.467. The molecule has 1 atom stereocenters. The van der Waals surface area contributed by atoms with Crippen LogP contribution in [0.1, 0.15) is 44.0 Å². The first-order valence-corrected chi connectivity index (χ1v) is 8.03. The van der Waals surface area contributed by atoms with E-state index in [1.807, 2.05) is 10.7 Å². The Balaban J connectivity index is 2.42. The largest absolute Gasteiger partial charge is 0.305 e. The number of halogens is 2. The predicted octanol–water partition coefficient (Wildman–Crippen LogP) is 3.68. The van der Waals surface area contributed by atoms with E-state index in [2.05, 4.69) is 45.4 Å². The molecule has 114 valence electrons. The van der Waals surface area contributed by atoms with Crippen molar-refractivity contribution in [3.63, 3.8) is 0 Å². The van der Waals surface area contributed by atoms with Crippen LogP contribution in [0.4, 0.5) is 4.39 Å². The highest BCUT2D eigenvalue weighted by Gasteiger charge is 2.21. The van der Waals surface area contributed by atoms with Gasteiger partial charge in [-0.2, -0.15) is 0 Å². The predicted molar refractivity (Wildman–Crippen MR) is 84.5 cm³/mol. The molecule has 1 aromatic carbocycles. The normalized spacial score (nSPS) is 12.6. The molecule has 1 N–H and O–H groups in total. The maximum Gasteiger partial charge on any atom is 0.128 e. The summed E-state index contributed by atoms with van der Waals surface area (Å²) >= 11 is 3.41. The Labute approximate surface area is 132 Å². The molecule has 1 aromatic heterocycles. The Morgan fingerprint density at radius 2 is 2.14 bits per heavy atom. The van der Waals surface area contributed by atoms with Crippen molar-refractivity contribution < 1.29 is 4.39 Å². The van der Waals surface area contributed by atoms with Crippen LogP contribution < -0.4 is 5.32 Å². The summed E-state index contributed by atoms with van der Waals surface area (Å²) in [6.07, 6.45) is 3.64. The molecule has 0 fully saturated rings. The van der Waals surface area contributed by atoms with Crippen molar-refractivity contribution in [1.29, 1.82) is 0 Å². The second-order valence-electron chi connectivity index (χ2n) is 4.93. The summed E-state index contributed by atoms with van der Waals surface area (Å²) in [5.74, 6) is -0.226. The number of rotatable bonds is 7. The van der Waals surface area contributed by atoms with Crippen molar-refractivity contribution in [3.8, 4) is 0 Å². The lowest BCUT2D eigenvalue weighted by Crippen LogP contribution is -2.26. The second kappa shape index (κ2) is 7.66. The topological polar surface area (TPSA) is 42.7 Å². The Morgan fingerprint density at radius 1 is 1.33 bits per heavy atom. The monoisotopic (exact) mass is 354 g/mol. The first-order chi connectivity index (χ1) is 10.2. The van der Waals surface area contributed by atoms with E-state index in [0.29, 0.717) is 5.56 Å². The average Bonchev–Trinajstić information content (AvgIpc) is 2.92. The van der Waals surface area contributed by atoms with Crippen LogP contribution in [0, 0.1) is 5.82 Å². The number of hydrogen-bond donors (Lipinski definition) is 1. The molecule has 2 aromatic rings. The molecule has 0 aliphatic rings. The van der Waals surface area contributed by atoms with Gasteiger partial charge in [-0.25, -0.2) is 9.07 Å². The van der Waals surface area contributed by atoms with Crippen LogP contribution in [-0.2, 0) is 6.54 Å². The smallest absolute Gasteiger partial charge is 0.128 e. The fourth-order valence-corrected chi connectivity index (χ4v) is 2.65. The third-order valence-electron chi connectivity index (χ3n) is 3.25. The molecular formula is C15H20BrFN4. The number of benzene rings is 1. The van der Waals surface area contributed by atoms with Crippen LogP contribution in [-0.4, -0.2) is 21.5 Å². The van der Waals surface area contributed by atoms with E-state index in [4.69, 9.17) is 0 Å². The van der Waals surface area contributed by atoms with E-state index >= 15 is 0 Å². The average molecular weight is 355 g/mol. The summed E-state index contributed by atoms with van der Waals surface area (Å²) in [6, 6.07) is 4.75. The van der Waals surface area contributed by atoms with E-state index in [1.165, 1.54) is 6.07 Å². The highest BCUT2D eigenvalue weighted by atomic mass is 79.9. The van der Waals surface area contributed by atoms with Crippen LogP contribution in [0.3, 0.4) is 0 Å². The minimum absolute atomic E-state index is 0.226. The molecule has 0 spiro atoms. The van der Waals surface area contributed by atoms with Gasteiger partial charge in [0, 0.05) is 16.6 Å². The minimum Gasteiger partial charge on any atom is -0.305 e. The molecular weight excluding hydrogens is 335 g/mol. The van der Waals surface area contributed by atoms with Crippen molar-refractivity contribution in [2.75, 3.05) is 6.54 Å². The third kappa shape index (κ3) is 3.89. The van der Waals surface area contributed by atoms with Gasteiger partial charge in [-0.3, -0.25) is 0 Å². The number of nitrogens with one attached hydrogen (secondary N) is 1. The molecule has 4 nitrogen and oxygen atoms in total. The van der Waals surface area contributed by atoms with Gasteiger partial charge in [-0.15, -0.1) is 5.10 Å². The van der Waals surface area contributed by atoms with Gasteiger partial charge in [0.15, 0.2) is 0 Å². The van der Waals surface area contributed by atoms with Gasteiger partial charge in [-0.1, -0.05) is 35.0 Å². The quantitative estimate of drug-likeness (QED) is 0.824. The molecule has 0 aliphatic carbocycles. The maximum absolute atomic E-state index is 14.2. The van der Waals surface area contributed by atoms with Crippen LogP contribution in [0.15, 0.2) is 28.9 Å². The van der Waals surface area contributed by atoms with E-state index in [9.17, 15) is 4.39 Å². The van der Waals surface area contributed by atoms with Crippen LogP contribution in [0.5, 0.6) is 0 Å². The molecule has 0 saturated carbocycles. The summed E-state index contributed by atoms with van der Waals surface area (Å²) in [7, 11) is 0. The standard InChI is InChI=1S/C15H20BrFN4/c1-3-7-18-15(12-9-11(16)5-6-13(12)17)14-10-19-20-21(14)8-4-2/h5-6,9-10,15,18H,3-4,7-8H2,1-2H3. The molecule has 0 aliphatic heterocycles. The lowest BCUT2D eigenvalue weighted by atomic mass is 10.0. The van der Waals surface area contributed by atoms with Gasteiger partial charge in [0.05, 0.1) is 17.9 Å². The molecule has 21 heavy (non-hydrogen) atoms. The van der Waals surface area contributed by atoms with E-state index in [0.717, 1.165) is 36.1 Å². The summed E-state index contributed by atoms with van der Waals surface area (Å²) in [5, 5.41) is 11.5. The minimum atomic E-state index is -0.246. The van der Waals surface area contributed by atoms with Crippen molar-refractivity contribution in [1.82, 2.24) is 20.3 Å². The van der Waals surface area contributed by atoms with E-state index in [1.54, 1.807) is 12.3 Å². The summed E-state index contributed by atoms with van der Waals surface area (Å²) in [6.45, 7) is 5.74. The Morgan fingerprint density at radius 3 is 2.86 bits per heavy atom. The lowest BCUT2D eigenvalue weighted by Gasteiger charge is -2.20. The van der Waals surface area contributed by atoms with Crippen molar-refractivity contribution in [2.24, 2.45) is 0 Å².